The first-order chi connectivity index (χ1) is 17.7. The van der Waals surface area contributed by atoms with Crippen molar-refractivity contribution in [3.8, 4) is 11.5 Å². The fourth-order valence-electron chi connectivity index (χ4n) is 4.66. The standard InChI is InChI=1S/C27H22ClF3N2O4/c28-20-7-5-17(6-8-20)26(35)33-13-21(18-2-1-3-19(11-18)27(29,30)31)22(14-33)25(34)32-12-16-4-9-23-24(10-16)37-15-36-23/h1-11,21-22H,12-15H2,(H,32,34)/t21-,22-/m1/s1. The predicted octanol–water partition coefficient (Wildman–Crippen LogP) is 5.26. The third-order valence-electron chi connectivity index (χ3n) is 6.58. The number of hydrogen-bond acceptors (Lipinski definition) is 4. The number of halogens is 4. The summed E-state index contributed by atoms with van der Waals surface area (Å²) in [5.74, 6) is -0.837. The second-order valence-corrected chi connectivity index (χ2v) is 9.40. The Hall–Kier alpha value is -3.72. The van der Waals surface area contributed by atoms with Gasteiger partial charge in [-0.25, -0.2) is 0 Å². The molecular weight excluding hydrogens is 509 g/mol. The summed E-state index contributed by atoms with van der Waals surface area (Å²) in [6.07, 6.45) is -4.52. The first-order valence-corrected chi connectivity index (χ1v) is 11.9. The molecule has 10 heteroatoms. The van der Waals surface area contributed by atoms with Crippen LogP contribution in [0.2, 0.25) is 5.02 Å². The van der Waals surface area contributed by atoms with Gasteiger partial charge in [-0.1, -0.05) is 35.9 Å². The Labute approximate surface area is 215 Å². The van der Waals surface area contributed by atoms with Crippen LogP contribution in [-0.4, -0.2) is 36.6 Å². The molecule has 0 radical (unpaired) electrons. The summed E-state index contributed by atoms with van der Waals surface area (Å²) in [7, 11) is 0. The van der Waals surface area contributed by atoms with Gasteiger partial charge in [-0.2, -0.15) is 13.2 Å². The number of benzene rings is 3. The zero-order valence-electron chi connectivity index (χ0n) is 19.4. The molecule has 2 aliphatic rings. The molecule has 3 aromatic carbocycles. The van der Waals surface area contributed by atoms with Crippen LogP contribution in [0.3, 0.4) is 0 Å². The maximum Gasteiger partial charge on any atom is 0.416 e. The van der Waals surface area contributed by atoms with Crippen molar-refractivity contribution in [1.82, 2.24) is 10.2 Å². The molecule has 2 aliphatic heterocycles. The van der Waals surface area contributed by atoms with Crippen LogP contribution in [0.15, 0.2) is 66.7 Å². The van der Waals surface area contributed by atoms with Gasteiger partial charge < -0.3 is 19.7 Å². The fraction of sp³-hybridized carbons (Fsp3) is 0.259. The highest BCUT2D eigenvalue weighted by molar-refractivity contribution is 6.30. The molecule has 37 heavy (non-hydrogen) atoms. The number of likely N-dealkylation sites (tertiary alicyclic amines) is 1. The lowest BCUT2D eigenvalue weighted by Gasteiger charge is -2.19. The molecule has 2 heterocycles. The van der Waals surface area contributed by atoms with E-state index in [1.807, 2.05) is 0 Å². The Balaban J connectivity index is 1.38. The van der Waals surface area contributed by atoms with Crippen molar-refractivity contribution in [2.24, 2.45) is 5.92 Å². The summed E-state index contributed by atoms with van der Waals surface area (Å²) in [6.45, 7) is 0.482. The van der Waals surface area contributed by atoms with Gasteiger partial charge in [0.2, 0.25) is 12.7 Å². The van der Waals surface area contributed by atoms with Crippen molar-refractivity contribution in [3.05, 3.63) is 94.0 Å². The second kappa shape index (κ2) is 9.97. The maximum atomic E-state index is 13.4. The molecule has 5 rings (SSSR count). The van der Waals surface area contributed by atoms with E-state index in [2.05, 4.69) is 5.32 Å². The van der Waals surface area contributed by atoms with Crippen molar-refractivity contribution in [3.63, 3.8) is 0 Å². The van der Waals surface area contributed by atoms with Gasteiger partial charge in [0.05, 0.1) is 11.5 Å². The molecular formula is C27H22ClF3N2O4. The van der Waals surface area contributed by atoms with E-state index in [4.69, 9.17) is 21.1 Å². The Morgan fingerprint density at radius 2 is 1.73 bits per heavy atom. The highest BCUT2D eigenvalue weighted by Crippen LogP contribution is 2.37. The van der Waals surface area contributed by atoms with E-state index in [1.165, 1.54) is 11.0 Å². The molecule has 0 spiro atoms. The van der Waals surface area contributed by atoms with Crippen LogP contribution >= 0.6 is 11.6 Å². The number of nitrogens with one attached hydrogen (secondary N) is 1. The van der Waals surface area contributed by atoms with Crippen LogP contribution < -0.4 is 14.8 Å². The lowest BCUT2D eigenvalue weighted by molar-refractivity contribution is -0.137. The van der Waals surface area contributed by atoms with E-state index < -0.39 is 23.6 Å². The topological polar surface area (TPSA) is 67.9 Å². The minimum absolute atomic E-state index is 0.0648. The molecule has 2 amide bonds. The van der Waals surface area contributed by atoms with E-state index >= 15 is 0 Å². The van der Waals surface area contributed by atoms with Crippen LogP contribution in [0.25, 0.3) is 0 Å². The van der Waals surface area contributed by atoms with Gasteiger partial charge in [-0.05, 0) is 53.6 Å². The number of alkyl halides is 3. The van der Waals surface area contributed by atoms with Gasteiger partial charge in [-0.15, -0.1) is 0 Å². The van der Waals surface area contributed by atoms with E-state index in [-0.39, 0.29) is 38.2 Å². The van der Waals surface area contributed by atoms with E-state index in [1.54, 1.807) is 48.5 Å². The minimum Gasteiger partial charge on any atom is -0.454 e. The average molecular weight is 531 g/mol. The fourth-order valence-corrected chi connectivity index (χ4v) is 4.79. The number of fused-ring (bicyclic) bond motifs is 1. The molecule has 0 aromatic heterocycles. The summed E-state index contributed by atoms with van der Waals surface area (Å²) >= 11 is 5.93. The summed E-state index contributed by atoms with van der Waals surface area (Å²) in [5, 5.41) is 3.34. The second-order valence-electron chi connectivity index (χ2n) is 8.96. The lowest BCUT2D eigenvalue weighted by Crippen LogP contribution is -2.35. The van der Waals surface area contributed by atoms with Crippen molar-refractivity contribution < 1.29 is 32.2 Å². The molecule has 0 bridgehead atoms. The highest BCUT2D eigenvalue weighted by Gasteiger charge is 2.41. The monoisotopic (exact) mass is 530 g/mol. The molecule has 0 saturated carbocycles. The predicted molar refractivity (Wildman–Crippen MR) is 129 cm³/mol. The number of amides is 2. The number of carbonyl (C=O) groups excluding carboxylic acids is 2. The Bertz CT molecular complexity index is 1330. The first kappa shape index (κ1) is 25.0. The lowest BCUT2D eigenvalue weighted by atomic mass is 9.87. The SMILES string of the molecule is O=C(NCc1ccc2c(c1)OCO2)[C@@H]1CN(C(=O)c2ccc(Cl)cc2)C[C@@H]1c1cccc(C(F)(F)F)c1. The maximum absolute atomic E-state index is 13.4. The van der Waals surface area contributed by atoms with Crippen LogP contribution in [0.5, 0.6) is 11.5 Å². The normalized spacial score (nSPS) is 18.6. The largest absolute Gasteiger partial charge is 0.454 e. The number of nitrogens with zero attached hydrogens (tertiary/aromatic N) is 1. The number of rotatable bonds is 5. The molecule has 3 aromatic rings. The van der Waals surface area contributed by atoms with Gasteiger partial charge in [0.1, 0.15) is 0 Å². The van der Waals surface area contributed by atoms with E-state index in [0.717, 1.165) is 17.7 Å². The third-order valence-corrected chi connectivity index (χ3v) is 6.83. The van der Waals surface area contributed by atoms with Crippen LogP contribution in [0.4, 0.5) is 13.2 Å². The zero-order valence-corrected chi connectivity index (χ0v) is 20.2. The van der Waals surface area contributed by atoms with E-state index in [0.29, 0.717) is 27.6 Å². The first-order valence-electron chi connectivity index (χ1n) is 11.6. The van der Waals surface area contributed by atoms with Crippen molar-refractivity contribution in [2.45, 2.75) is 18.6 Å². The van der Waals surface area contributed by atoms with Crippen molar-refractivity contribution in [1.29, 1.82) is 0 Å². The average Bonchev–Trinajstić information content (AvgIpc) is 3.54. The van der Waals surface area contributed by atoms with Crippen molar-refractivity contribution in [2.75, 3.05) is 19.9 Å². The number of carbonyl (C=O) groups is 2. The summed E-state index contributed by atoms with van der Waals surface area (Å²) in [5.41, 5.74) is 0.713. The molecule has 1 fully saturated rings. The van der Waals surface area contributed by atoms with E-state index in [9.17, 15) is 22.8 Å². The third kappa shape index (κ3) is 5.36. The quantitative estimate of drug-likeness (QED) is 0.489. The number of ether oxygens (including phenoxy) is 2. The Morgan fingerprint density at radius 3 is 2.49 bits per heavy atom. The molecule has 6 nitrogen and oxygen atoms in total. The number of hydrogen-bond donors (Lipinski definition) is 1. The zero-order chi connectivity index (χ0) is 26.2. The molecule has 0 aliphatic carbocycles. The summed E-state index contributed by atoms with van der Waals surface area (Å²) in [4.78, 5) is 28.0. The molecule has 1 saturated heterocycles. The van der Waals surface area contributed by atoms with Gasteiger partial charge in [0, 0.05) is 36.1 Å². The van der Waals surface area contributed by atoms with Gasteiger partial charge in [0.15, 0.2) is 11.5 Å². The smallest absolute Gasteiger partial charge is 0.416 e. The highest BCUT2D eigenvalue weighted by atomic mass is 35.5. The van der Waals surface area contributed by atoms with Crippen LogP contribution in [0.1, 0.15) is 33.0 Å². The Morgan fingerprint density at radius 1 is 0.973 bits per heavy atom. The van der Waals surface area contributed by atoms with Crippen LogP contribution in [0, 0.1) is 5.92 Å². The minimum atomic E-state index is -4.52. The molecule has 1 N–H and O–H groups in total. The molecule has 0 unspecified atom stereocenters. The van der Waals surface area contributed by atoms with Crippen LogP contribution in [-0.2, 0) is 17.5 Å². The summed E-state index contributed by atoms with van der Waals surface area (Å²) in [6, 6.07) is 16.6. The van der Waals surface area contributed by atoms with Gasteiger partial charge in [-0.3, -0.25) is 9.59 Å². The van der Waals surface area contributed by atoms with Gasteiger partial charge in [0.25, 0.3) is 5.91 Å². The Kier molecular flexibility index (Phi) is 6.72. The van der Waals surface area contributed by atoms with Gasteiger partial charge >= 0.3 is 6.18 Å². The summed E-state index contributed by atoms with van der Waals surface area (Å²) < 4.78 is 50.9. The molecule has 2 atom stereocenters. The van der Waals surface area contributed by atoms with Crippen molar-refractivity contribution >= 4 is 23.4 Å². The molecule has 192 valence electrons.